The van der Waals surface area contributed by atoms with E-state index in [-0.39, 0.29) is 12.1 Å². The Labute approximate surface area is 82.7 Å². The predicted octanol–water partition coefficient (Wildman–Crippen LogP) is 0.113. The zero-order valence-corrected chi connectivity index (χ0v) is 8.83. The lowest BCUT2D eigenvalue weighted by molar-refractivity contribution is -0.136. The van der Waals surface area contributed by atoms with Crippen LogP contribution in [0.4, 0.5) is 0 Å². The molecule has 1 heterocycles. The lowest BCUT2D eigenvalue weighted by Crippen LogP contribution is -2.20. The molecule has 1 aromatic rings. The van der Waals surface area contributed by atoms with Gasteiger partial charge in [-0.2, -0.15) is 0 Å². The quantitative estimate of drug-likeness (QED) is 0.809. The molecule has 72 valence electrons. The molecule has 0 spiro atoms. The molecule has 0 unspecified atom stereocenters. The summed E-state index contributed by atoms with van der Waals surface area (Å²) in [6.07, 6.45) is -0.160. The molecule has 0 radical (unpaired) electrons. The van der Waals surface area contributed by atoms with Crippen LogP contribution in [0, 0.1) is 0 Å². The van der Waals surface area contributed by atoms with Crippen LogP contribution in [-0.2, 0) is 25.3 Å². The summed E-state index contributed by atoms with van der Waals surface area (Å²) >= 11 is 3.16. The number of carboxylic acids is 1. The molecule has 6 heteroatoms. The summed E-state index contributed by atoms with van der Waals surface area (Å²) in [5.74, 6) is -0.957. The number of nitrogens with zero attached hydrogens (tertiary/aromatic N) is 2. The summed E-state index contributed by atoms with van der Waals surface area (Å²) in [4.78, 5) is 21.7. The maximum absolute atomic E-state index is 11.3. The Balaban J connectivity index is 3.29. The highest BCUT2D eigenvalue weighted by Gasteiger charge is 2.15. The summed E-state index contributed by atoms with van der Waals surface area (Å²) in [5, 5.41) is 8.57. The van der Waals surface area contributed by atoms with Gasteiger partial charge < -0.3 is 5.11 Å². The van der Waals surface area contributed by atoms with Gasteiger partial charge in [0.2, 0.25) is 0 Å². The van der Waals surface area contributed by atoms with E-state index in [0.717, 1.165) is 0 Å². The van der Waals surface area contributed by atoms with Gasteiger partial charge in [0.1, 0.15) is 4.60 Å². The number of aromatic nitrogens is 2. The molecule has 1 aromatic heterocycles. The fourth-order valence-corrected chi connectivity index (χ4v) is 1.65. The minimum atomic E-state index is -0.957. The van der Waals surface area contributed by atoms with Gasteiger partial charge in [0, 0.05) is 14.1 Å². The molecule has 0 aromatic carbocycles. The van der Waals surface area contributed by atoms with Crippen molar-refractivity contribution in [1.82, 2.24) is 9.13 Å². The molecular weight excluding hydrogens is 240 g/mol. The third kappa shape index (κ3) is 1.67. The first-order valence-corrected chi connectivity index (χ1v) is 4.36. The smallest absolute Gasteiger partial charge is 0.328 e. The fourth-order valence-electron chi connectivity index (χ4n) is 1.09. The molecule has 0 aliphatic rings. The number of hydrogen-bond acceptors (Lipinski definition) is 2. The Hall–Kier alpha value is -1.04. The molecule has 0 bridgehead atoms. The number of hydrogen-bond donors (Lipinski definition) is 1. The first-order chi connectivity index (χ1) is 5.95. The van der Waals surface area contributed by atoms with Gasteiger partial charge >= 0.3 is 11.7 Å². The van der Waals surface area contributed by atoms with Crippen LogP contribution in [-0.4, -0.2) is 20.2 Å². The second-order valence-electron chi connectivity index (χ2n) is 2.71. The maximum atomic E-state index is 11.3. The minimum Gasteiger partial charge on any atom is -0.481 e. The minimum absolute atomic E-state index is 0.160. The van der Waals surface area contributed by atoms with Crippen molar-refractivity contribution in [2.75, 3.05) is 0 Å². The van der Waals surface area contributed by atoms with Crippen molar-refractivity contribution in [1.29, 1.82) is 0 Å². The Morgan fingerprint density at radius 2 is 2.00 bits per heavy atom. The van der Waals surface area contributed by atoms with Crippen LogP contribution in [0.25, 0.3) is 0 Å². The molecule has 0 fully saturated rings. The van der Waals surface area contributed by atoms with E-state index in [9.17, 15) is 9.59 Å². The summed E-state index contributed by atoms with van der Waals surface area (Å²) in [5.41, 5.74) is 0.239. The van der Waals surface area contributed by atoms with E-state index in [0.29, 0.717) is 10.3 Å². The summed E-state index contributed by atoms with van der Waals surface area (Å²) < 4.78 is 3.19. The highest BCUT2D eigenvalue weighted by atomic mass is 79.9. The highest BCUT2D eigenvalue weighted by Crippen LogP contribution is 2.13. The number of imidazole rings is 1. The Bertz CT molecular complexity index is 405. The zero-order valence-electron chi connectivity index (χ0n) is 7.24. The number of carboxylic acid groups (broad SMARTS) is 1. The second kappa shape index (κ2) is 3.37. The number of aliphatic carboxylic acids is 1. The van der Waals surface area contributed by atoms with Crippen molar-refractivity contribution < 1.29 is 9.90 Å². The monoisotopic (exact) mass is 248 g/mol. The van der Waals surface area contributed by atoms with Gasteiger partial charge in [-0.3, -0.25) is 13.9 Å². The first kappa shape index (κ1) is 10.0. The molecule has 1 N–H and O–H groups in total. The summed E-state index contributed by atoms with van der Waals surface area (Å²) in [6, 6.07) is 0. The van der Waals surface area contributed by atoms with Gasteiger partial charge in [-0.25, -0.2) is 4.79 Å². The van der Waals surface area contributed by atoms with Gasteiger partial charge in [0.25, 0.3) is 0 Å². The number of rotatable bonds is 2. The molecular formula is C7H9BrN2O3. The standard InChI is InChI=1S/C7H9BrN2O3/c1-9-4(3-5(11)12)6(8)10(2)7(9)13/h3H2,1-2H3,(H,11,12). The average Bonchev–Trinajstić information content (AvgIpc) is 2.22. The van der Waals surface area contributed by atoms with Gasteiger partial charge in [0.05, 0.1) is 12.1 Å². The van der Waals surface area contributed by atoms with Crippen molar-refractivity contribution in [3.63, 3.8) is 0 Å². The average molecular weight is 249 g/mol. The van der Waals surface area contributed by atoms with Crippen molar-refractivity contribution >= 4 is 21.9 Å². The Kier molecular flexibility index (Phi) is 2.60. The first-order valence-electron chi connectivity index (χ1n) is 3.57. The lowest BCUT2D eigenvalue weighted by atomic mass is 10.3. The molecule has 1 rings (SSSR count). The van der Waals surface area contributed by atoms with E-state index in [1.54, 1.807) is 14.1 Å². The normalized spacial score (nSPS) is 10.4. The molecule has 0 saturated carbocycles. The predicted molar refractivity (Wildman–Crippen MR) is 49.7 cm³/mol. The van der Waals surface area contributed by atoms with Gasteiger partial charge in [-0.15, -0.1) is 0 Å². The second-order valence-corrected chi connectivity index (χ2v) is 3.46. The van der Waals surface area contributed by atoms with Crippen LogP contribution in [0.2, 0.25) is 0 Å². The van der Waals surface area contributed by atoms with Crippen LogP contribution in [0.15, 0.2) is 9.40 Å². The van der Waals surface area contributed by atoms with Crippen LogP contribution in [0.5, 0.6) is 0 Å². The molecule has 13 heavy (non-hydrogen) atoms. The largest absolute Gasteiger partial charge is 0.481 e. The topological polar surface area (TPSA) is 64.2 Å². The van der Waals surface area contributed by atoms with E-state index < -0.39 is 5.97 Å². The summed E-state index contributed by atoms with van der Waals surface area (Å²) in [7, 11) is 3.13. The zero-order chi connectivity index (χ0) is 10.2. The van der Waals surface area contributed by atoms with E-state index in [2.05, 4.69) is 15.9 Å². The van der Waals surface area contributed by atoms with Gasteiger partial charge in [-0.05, 0) is 15.9 Å². The Morgan fingerprint density at radius 3 is 2.31 bits per heavy atom. The third-order valence-electron chi connectivity index (χ3n) is 1.83. The van der Waals surface area contributed by atoms with Crippen LogP contribution in [0.3, 0.4) is 0 Å². The maximum Gasteiger partial charge on any atom is 0.328 e. The van der Waals surface area contributed by atoms with E-state index in [4.69, 9.17) is 5.11 Å². The molecule has 0 aliphatic carbocycles. The van der Waals surface area contributed by atoms with E-state index in [1.165, 1.54) is 9.13 Å². The van der Waals surface area contributed by atoms with Crippen molar-refractivity contribution in [2.24, 2.45) is 14.1 Å². The highest BCUT2D eigenvalue weighted by molar-refractivity contribution is 9.10. The molecule has 0 amide bonds. The van der Waals surface area contributed by atoms with Crippen molar-refractivity contribution in [3.05, 3.63) is 20.8 Å². The molecule has 0 atom stereocenters. The number of halogens is 1. The van der Waals surface area contributed by atoms with E-state index in [1.807, 2.05) is 0 Å². The van der Waals surface area contributed by atoms with Gasteiger partial charge in [0.15, 0.2) is 0 Å². The molecule has 5 nitrogen and oxygen atoms in total. The van der Waals surface area contributed by atoms with Crippen molar-refractivity contribution in [3.8, 4) is 0 Å². The fraction of sp³-hybridized carbons (Fsp3) is 0.429. The Morgan fingerprint density at radius 1 is 1.46 bits per heavy atom. The number of carbonyl (C=O) groups is 1. The van der Waals surface area contributed by atoms with Crippen LogP contribution in [0.1, 0.15) is 5.69 Å². The molecule has 0 saturated heterocycles. The SMILES string of the molecule is Cn1c(Br)c(CC(=O)O)n(C)c1=O. The van der Waals surface area contributed by atoms with Crippen LogP contribution >= 0.6 is 15.9 Å². The third-order valence-corrected chi connectivity index (χ3v) is 2.82. The molecule has 0 aliphatic heterocycles. The lowest BCUT2D eigenvalue weighted by Gasteiger charge is -1.97. The van der Waals surface area contributed by atoms with E-state index >= 15 is 0 Å². The van der Waals surface area contributed by atoms with Crippen molar-refractivity contribution in [2.45, 2.75) is 6.42 Å². The summed E-state index contributed by atoms with van der Waals surface area (Å²) in [6.45, 7) is 0. The van der Waals surface area contributed by atoms with Crippen LogP contribution < -0.4 is 5.69 Å². The van der Waals surface area contributed by atoms with Gasteiger partial charge in [-0.1, -0.05) is 0 Å².